The monoisotopic (exact) mass is 336 g/mol. The fourth-order valence-corrected chi connectivity index (χ4v) is 2.65. The second-order valence-electron chi connectivity index (χ2n) is 5.84. The fourth-order valence-electron chi connectivity index (χ4n) is 2.65. The van der Waals surface area contributed by atoms with Crippen molar-refractivity contribution in [3.63, 3.8) is 0 Å². The summed E-state index contributed by atoms with van der Waals surface area (Å²) in [5, 5.41) is 0. The minimum atomic E-state index is -1.03. The zero-order chi connectivity index (χ0) is 17.5. The van der Waals surface area contributed by atoms with Gasteiger partial charge in [0.1, 0.15) is 23.4 Å². The van der Waals surface area contributed by atoms with Crippen LogP contribution in [0.5, 0.6) is 17.2 Å². The van der Waals surface area contributed by atoms with Gasteiger partial charge >= 0.3 is 0 Å². The second-order valence-corrected chi connectivity index (χ2v) is 5.84. The van der Waals surface area contributed by atoms with E-state index >= 15 is 0 Å². The van der Waals surface area contributed by atoms with E-state index in [1.54, 1.807) is 19.2 Å². The number of alkyl halides is 1. The number of ether oxygens (including phenoxy) is 2. The smallest absolute Gasteiger partial charge is 0.127 e. The van der Waals surface area contributed by atoms with E-state index in [4.69, 9.17) is 9.47 Å². The predicted octanol–water partition coefficient (Wildman–Crippen LogP) is 6.13. The topological polar surface area (TPSA) is 18.5 Å². The summed E-state index contributed by atoms with van der Waals surface area (Å²) in [6.45, 7) is 0. The predicted molar refractivity (Wildman–Crippen MR) is 98.1 cm³/mol. The minimum Gasteiger partial charge on any atom is -0.497 e. The largest absolute Gasteiger partial charge is 0.497 e. The highest BCUT2D eigenvalue weighted by atomic mass is 19.1. The van der Waals surface area contributed by atoms with Crippen molar-refractivity contribution in [3.8, 4) is 17.2 Å². The van der Waals surface area contributed by atoms with Gasteiger partial charge in [0.25, 0.3) is 0 Å². The minimum absolute atomic E-state index is 0.432. The molecule has 1 atom stereocenters. The molecule has 25 heavy (non-hydrogen) atoms. The molecule has 0 heterocycles. The summed E-state index contributed by atoms with van der Waals surface area (Å²) in [5.41, 5.74) is 1.74. The molecule has 2 nitrogen and oxygen atoms in total. The maximum Gasteiger partial charge on any atom is 0.127 e. The van der Waals surface area contributed by atoms with Crippen molar-refractivity contribution in [2.75, 3.05) is 7.11 Å². The lowest BCUT2D eigenvalue weighted by molar-refractivity contribution is 0.322. The van der Waals surface area contributed by atoms with Crippen molar-refractivity contribution in [1.29, 1.82) is 0 Å². The van der Waals surface area contributed by atoms with Gasteiger partial charge in [0.05, 0.1) is 7.11 Å². The number of hydrogen-bond acceptors (Lipinski definition) is 2. The van der Waals surface area contributed by atoms with Gasteiger partial charge in [0.2, 0.25) is 0 Å². The molecule has 0 N–H and O–H groups in total. The molecule has 0 spiro atoms. The molecule has 0 saturated carbocycles. The number of benzene rings is 3. The maximum absolute atomic E-state index is 14.6. The van der Waals surface area contributed by atoms with Gasteiger partial charge in [-0.15, -0.1) is 0 Å². The summed E-state index contributed by atoms with van der Waals surface area (Å²) in [7, 11) is 1.64. The van der Waals surface area contributed by atoms with E-state index in [-0.39, 0.29) is 0 Å². The lowest BCUT2D eigenvalue weighted by atomic mass is 10.0. The van der Waals surface area contributed by atoms with E-state index in [9.17, 15) is 4.39 Å². The number of halogens is 1. The SMILES string of the molecule is COc1ccc(CCC(F)c2cccc(Oc3ccccc3)c2)cc1. The molecule has 3 heteroatoms. The molecule has 0 amide bonds. The fraction of sp³-hybridized carbons (Fsp3) is 0.182. The first kappa shape index (κ1) is 17.0. The van der Waals surface area contributed by atoms with E-state index in [2.05, 4.69) is 0 Å². The molecule has 0 radical (unpaired) electrons. The van der Waals surface area contributed by atoms with Crippen molar-refractivity contribution >= 4 is 0 Å². The summed E-state index contributed by atoms with van der Waals surface area (Å²) in [6, 6.07) is 24.5. The first-order valence-corrected chi connectivity index (χ1v) is 8.34. The van der Waals surface area contributed by atoms with Crippen LogP contribution >= 0.6 is 0 Å². The van der Waals surface area contributed by atoms with Gasteiger partial charge in [-0.3, -0.25) is 0 Å². The van der Waals surface area contributed by atoms with E-state index in [1.165, 1.54) is 0 Å². The van der Waals surface area contributed by atoms with Crippen LogP contribution in [-0.4, -0.2) is 7.11 Å². The Morgan fingerprint density at radius 3 is 2.24 bits per heavy atom. The Hall–Kier alpha value is -2.81. The average molecular weight is 336 g/mol. The molecule has 0 fully saturated rings. The van der Waals surface area contributed by atoms with Crippen LogP contribution in [-0.2, 0) is 6.42 Å². The molecular formula is C22H21FO2. The molecule has 0 bridgehead atoms. The summed E-state index contributed by atoms with van der Waals surface area (Å²) in [4.78, 5) is 0. The Labute approximate surface area is 147 Å². The second kappa shape index (κ2) is 8.34. The lowest BCUT2D eigenvalue weighted by Crippen LogP contribution is -1.96. The molecule has 0 aliphatic carbocycles. The Bertz CT molecular complexity index is 785. The third-order valence-electron chi connectivity index (χ3n) is 4.04. The molecule has 3 aromatic carbocycles. The molecule has 0 saturated heterocycles. The van der Waals surface area contributed by atoms with Gasteiger partial charge < -0.3 is 9.47 Å². The molecule has 3 aromatic rings. The van der Waals surface area contributed by atoms with Crippen LogP contribution in [0.15, 0.2) is 78.9 Å². The highest BCUT2D eigenvalue weighted by Gasteiger charge is 2.11. The summed E-state index contributed by atoms with van der Waals surface area (Å²) in [5.74, 6) is 2.20. The number of aryl methyl sites for hydroxylation is 1. The molecule has 3 rings (SSSR count). The summed E-state index contributed by atoms with van der Waals surface area (Å²) in [6.07, 6.45) is 0.0807. The third kappa shape index (κ3) is 4.83. The number of hydrogen-bond donors (Lipinski definition) is 0. The van der Waals surface area contributed by atoms with E-state index in [1.807, 2.05) is 66.7 Å². The average Bonchev–Trinajstić information content (AvgIpc) is 2.67. The van der Waals surface area contributed by atoms with Gasteiger partial charge in [-0.2, -0.15) is 0 Å². The highest BCUT2D eigenvalue weighted by molar-refractivity contribution is 5.35. The van der Waals surface area contributed by atoms with Gasteiger partial charge in [0, 0.05) is 0 Å². The first-order chi connectivity index (χ1) is 12.2. The van der Waals surface area contributed by atoms with Crippen molar-refractivity contribution in [3.05, 3.63) is 90.0 Å². The van der Waals surface area contributed by atoms with Gasteiger partial charge in [0.15, 0.2) is 0 Å². The normalized spacial score (nSPS) is 11.8. The number of methoxy groups -OCH3 is 1. The van der Waals surface area contributed by atoms with Gasteiger partial charge in [-0.25, -0.2) is 4.39 Å². The van der Waals surface area contributed by atoms with Crippen molar-refractivity contribution in [1.82, 2.24) is 0 Å². The number of para-hydroxylation sites is 1. The van der Waals surface area contributed by atoms with Crippen LogP contribution < -0.4 is 9.47 Å². The van der Waals surface area contributed by atoms with Gasteiger partial charge in [-0.1, -0.05) is 42.5 Å². The van der Waals surface area contributed by atoms with Crippen LogP contribution in [0.2, 0.25) is 0 Å². The standard InChI is InChI=1S/C22H21FO2/c1-24-19-13-10-17(11-14-19)12-15-22(23)18-6-5-9-21(16-18)25-20-7-3-2-4-8-20/h2-11,13-14,16,22H,12,15H2,1H3. The molecule has 128 valence electrons. The van der Waals surface area contributed by atoms with E-state index < -0.39 is 6.17 Å². The van der Waals surface area contributed by atoms with Crippen LogP contribution in [0.4, 0.5) is 4.39 Å². The summed E-state index contributed by atoms with van der Waals surface area (Å²) < 4.78 is 25.5. The third-order valence-corrected chi connectivity index (χ3v) is 4.04. The zero-order valence-electron chi connectivity index (χ0n) is 14.2. The van der Waals surface area contributed by atoms with E-state index in [0.717, 1.165) is 17.1 Å². The van der Waals surface area contributed by atoms with Crippen LogP contribution in [0.3, 0.4) is 0 Å². The maximum atomic E-state index is 14.6. The van der Waals surface area contributed by atoms with E-state index in [0.29, 0.717) is 24.2 Å². The molecule has 0 aromatic heterocycles. The molecule has 0 aliphatic rings. The Balaban J connectivity index is 1.61. The first-order valence-electron chi connectivity index (χ1n) is 8.34. The van der Waals surface area contributed by atoms with Crippen molar-refractivity contribution in [2.45, 2.75) is 19.0 Å². The van der Waals surface area contributed by atoms with Crippen LogP contribution in [0, 0.1) is 0 Å². The zero-order valence-corrected chi connectivity index (χ0v) is 14.2. The number of rotatable bonds is 7. The Morgan fingerprint density at radius 2 is 1.52 bits per heavy atom. The quantitative estimate of drug-likeness (QED) is 0.516. The molecule has 1 unspecified atom stereocenters. The highest BCUT2D eigenvalue weighted by Crippen LogP contribution is 2.28. The Morgan fingerprint density at radius 1 is 0.800 bits per heavy atom. The lowest BCUT2D eigenvalue weighted by Gasteiger charge is -2.11. The van der Waals surface area contributed by atoms with Crippen molar-refractivity contribution in [2.24, 2.45) is 0 Å². The Kier molecular flexibility index (Phi) is 5.68. The van der Waals surface area contributed by atoms with Crippen LogP contribution in [0.1, 0.15) is 23.7 Å². The van der Waals surface area contributed by atoms with Gasteiger partial charge in [-0.05, 0) is 60.4 Å². The molecule has 0 aliphatic heterocycles. The molecular weight excluding hydrogens is 315 g/mol. The van der Waals surface area contributed by atoms with Crippen LogP contribution in [0.25, 0.3) is 0 Å². The summed E-state index contributed by atoms with van der Waals surface area (Å²) >= 11 is 0. The van der Waals surface area contributed by atoms with Crippen molar-refractivity contribution < 1.29 is 13.9 Å².